The second kappa shape index (κ2) is 6.02. The molecule has 0 saturated carbocycles. The van der Waals surface area contributed by atoms with E-state index in [1.54, 1.807) is 0 Å². The van der Waals surface area contributed by atoms with Crippen LogP contribution in [0.4, 0.5) is 26.3 Å². The molecule has 124 valence electrons. The van der Waals surface area contributed by atoms with Gasteiger partial charge in [-0.05, 0) is 0 Å². The molecule has 1 N–H and O–H groups in total. The Labute approximate surface area is 120 Å². The molecule has 22 heavy (non-hydrogen) atoms. The molecule has 0 unspecified atom stereocenters. The molecule has 13 heteroatoms. The molecule has 6 nitrogen and oxygen atoms in total. The predicted molar refractivity (Wildman–Crippen MR) is 57.7 cm³/mol. The maximum Gasteiger partial charge on any atom is 0.513 e. The van der Waals surface area contributed by atoms with Gasteiger partial charge in [0.15, 0.2) is 0 Å². The Balaban J connectivity index is 6.32. The minimum absolute atomic E-state index is 0.811. The van der Waals surface area contributed by atoms with E-state index in [1.807, 2.05) is 9.69 Å². The predicted octanol–water partition coefficient (Wildman–Crippen LogP) is 1.16. The third-order valence-electron chi connectivity index (χ3n) is 2.13. The molecule has 0 aliphatic heterocycles. The number of halogens is 6. The Hall–Kier alpha value is -1.99. The monoisotopic (exact) mass is 350 g/mol. The summed E-state index contributed by atoms with van der Waals surface area (Å²) in [6, 6.07) is 0. The van der Waals surface area contributed by atoms with Gasteiger partial charge < -0.3 is 5.11 Å². The Morgan fingerprint density at radius 2 is 1.55 bits per heavy atom. The number of sulfonamides is 1. The molecule has 0 amide bonds. The van der Waals surface area contributed by atoms with E-state index in [-0.39, 0.29) is 0 Å². The first-order valence-corrected chi connectivity index (χ1v) is 6.52. The maximum atomic E-state index is 13.3. The SMILES string of the molecule is [C-]#[N+]C([N+]#[C-])=C([O-])C(F)(F)C(F)(F)C(F)(F)S(=O)(=O)NCC. The molecular formula is C9H6F6N3O3S-. The van der Waals surface area contributed by atoms with Gasteiger partial charge in [0.05, 0.1) is 0 Å². The van der Waals surface area contributed by atoms with Crippen molar-refractivity contribution in [1.29, 1.82) is 0 Å². The molecule has 0 aromatic carbocycles. The summed E-state index contributed by atoms with van der Waals surface area (Å²) in [7, 11) is -6.25. The summed E-state index contributed by atoms with van der Waals surface area (Å²) in [5, 5.41) is 4.59. The minimum Gasteiger partial charge on any atom is -0.874 e. The van der Waals surface area contributed by atoms with E-state index in [0.717, 1.165) is 11.6 Å². The number of rotatable bonds is 6. The molecule has 0 aromatic rings. The van der Waals surface area contributed by atoms with Gasteiger partial charge in [0.1, 0.15) is 13.1 Å². The van der Waals surface area contributed by atoms with E-state index in [1.165, 1.54) is 0 Å². The lowest BCUT2D eigenvalue weighted by molar-refractivity contribution is -0.380. The molecule has 0 rings (SSSR count). The number of nitrogens with one attached hydrogen (secondary N) is 1. The minimum atomic E-state index is -6.70. The fourth-order valence-electron chi connectivity index (χ4n) is 1.04. The second-order valence-electron chi connectivity index (χ2n) is 3.54. The average Bonchev–Trinajstić information content (AvgIpc) is 2.39. The molecule has 0 saturated heterocycles. The van der Waals surface area contributed by atoms with Gasteiger partial charge in [0.2, 0.25) is 0 Å². The number of allylic oxidation sites excluding steroid dienone is 1. The average molecular weight is 350 g/mol. The summed E-state index contributed by atoms with van der Waals surface area (Å²) in [6.45, 7) is 12.5. The number of hydrogen-bond donors (Lipinski definition) is 1. The van der Waals surface area contributed by atoms with Crippen LogP contribution < -0.4 is 9.83 Å². The molecule has 0 heterocycles. The van der Waals surface area contributed by atoms with Crippen LogP contribution in [0.1, 0.15) is 6.92 Å². The zero-order chi connectivity index (χ0) is 18.0. The lowest BCUT2D eigenvalue weighted by Crippen LogP contribution is -2.62. The number of alkyl halides is 6. The summed E-state index contributed by atoms with van der Waals surface area (Å²) in [5.41, 5.74) is 0. The molecule has 0 bridgehead atoms. The summed E-state index contributed by atoms with van der Waals surface area (Å²) >= 11 is 0. The van der Waals surface area contributed by atoms with Crippen molar-refractivity contribution >= 4 is 10.0 Å². The van der Waals surface area contributed by atoms with Crippen molar-refractivity contribution in [2.75, 3.05) is 6.54 Å². The van der Waals surface area contributed by atoms with Crippen LogP contribution in [-0.4, -0.2) is 32.1 Å². The molecule has 0 aromatic heterocycles. The standard InChI is InChI=1S/C9H7F6N3O3S/c1-4-18-22(20,21)9(14,15)8(12,13)7(10,11)5(19)6(16-2)17-3/h18-19H,4H2,1H3/p-1. The van der Waals surface area contributed by atoms with E-state index in [2.05, 4.69) is 0 Å². The van der Waals surface area contributed by atoms with Crippen LogP contribution in [0, 0.1) is 13.1 Å². The van der Waals surface area contributed by atoms with Gasteiger partial charge in [0, 0.05) is 12.3 Å². The Kier molecular flexibility index (Phi) is 5.47. The highest BCUT2D eigenvalue weighted by molar-refractivity contribution is 7.90. The smallest absolute Gasteiger partial charge is 0.513 e. The highest BCUT2D eigenvalue weighted by Gasteiger charge is 2.77. The van der Waals surface area contributed by atoms with Crippen molar-refractivity contribution in [1.82, 2.24) is 4.72 Å². The summed E-state index contributed by atoms with van der Waals surface area (Å²) in [4.78, 5) is 3.81. The molecule has 0 radical (unpaired) electrons. The highest BCUT2D eigenvalue weighted by atomic mass is 32.2. The Bertz CT molecular complexity index is 643. The molecule has 0 aliphatic rings. The maximum absolute atomic E-state index is 13.3. The van der Waals surface area contributed by atoms with Crippen molar-refractivity contribution in [3.8, 4) is 0 Å². The van der Waals surface area contributed by atoms with Crippen molar-refractivity contribution in [2.45, 2.75) is 24.0 Å². The van der Waals surface area contributed by atoms with Crippen LogP contribution in [0.3, 0.4) is 0 Å². The van der Waals surface area contributed by atoms with Crippen LogP contribution in [0.25, 0.3) is 9.69 Å². The van der Waals surface area contributed by atoms with Crippen molar-refractivity contribution in [3.63, 3.8) is 0 Å². The zero-order valence-corrected chi connectivity index (χ0v) is 11.3. The van der Waals surface area contributed by atoms with Gasteiger partial charge in [-0.2, -0.15) is 36.0 Å². The zero-order valence-electron chi connectivity index (χ0n) is 10.5. The molecule has 0 atom stereocenters. The molecule has 0 aliphatic carbocycles. The number of hydrogen-bond acceptors (Lipinski definition) is 3. The van der Waals surface area contributed by atoms with Gasteiger partial charge >= 0.3 is 22.9 Å². The molecule has 0 fully saturated rings. The van der Waals surface area contributed by atoms with Crippen LogP contribution in [-0.2, 0) is 10.0 Å². The van der Waals surface area contributed by atoms with E-state index in [9.17, 15) is 39.9 Å². The first-order chi connectivity index (χ1) is 9.74. The third-order valence-corrected chi connectivity index (χ3v) is 3.73. The van der Waals surface area contributed by atoms with Gasteiger partial charge in [-0.15, -0.1) is 0 Å². The lowest BCUT2D eigenvalue weighted by atomic mass is 10.1. The van der Waals surface area contributed by atoms with E-state index < -0.39 is 45.2 Å². The fraction of sp³-hybridized carbons (Fsp3) is 0.556. The fourth-order valence-corrected chi connectivity index (χ4v) is 2.07. The topological polar surface area (TPSA) is 78.0 Å². The van der Waals surface area contributed by atoms with E-state index in [0.29, 0.717) is 0 Å². The quantitative estimate of drug-likeness (QED) is 0.444. The lowest BCUT2D eigenvalue weighted by Gasteiger charge is -2.34. The third kappa shape index (κ3) is 2.82. The van der Waals surface area contributed by atoms with Crippen LogP contribution in [0.5, 0.6) is 0 Å². The van der Waals surface area contributed by atoms with E-state index >= 15 is 0 Å². The highest BCUT2D eigenvalue weighted by Crippen LogP contribution is 2.50. The first-order valence-electron chi connectivity index (χ1n) is 5.03. The van der Waals surface area contributed by atoms with E-state index in [4.69, 9.17) is 13.1 Å². The molecule has 0 spiro atoms. The number of nitrogens with zero attached hydrogens (tertiary/aromatic N) is 2. The van der Waals surface area contributed by atoms with Crippen molar-refractivity contribution < 1.29 is 39.9 Å². The summed E-state index contributed by atoms with van der Waals surface area (Å²) in [6.07, 6.45) is 0. The normalized spacial score (nSPS) is 13.1. The van der Waals surface area contributed by atoms with Gasteiger partial charge in [-0.25, -0.2) is 13.1 Å². The van der Waals surface area contributed by atoms with Crippen LogP contribution >= 0.6 is 0 Å². The van der Waals surface area contributed by atoms with Gasteiger partial charge in [0.25, 0.3) is 10.0 Å². The van der Waals surface area contributed by atoms with Crippen molar-refractivity contribution in [2.24, 2.45) is 0 Å². The van der Waals surface area contributed by atoms with Gasteiger partial charge in [-0.3, -0.25) is 0 Å². The van der Waals surface area contributed by atoms with Crippen LogP contribution in [0.15, 0.2) is 11.6 Å². The first kappa shape index (κ1) is 20.0. The van der Waals surface area contributed by atoms with Crippen LogP contribution in [0.2, 0.25) is 0 Å². The Morgan fingerprint density at radius 1 is 1.14 bits per heavy atom. The largest absolute Gasteiger partial charge is 0.874 e. The second-order valence-corrected chi connectivity index (χ2v) is 5.35. The molecular weight excluding hydrogens is 344 g/mol. The van der Waals surface area contributed by atoms with Crippen molar-refractivity contribution in [3.05, 3.63) is 34.4 Å². The summed E-state index contributed by atoms with van der Waals surface area (Å²) < 4.78 is 103. The van der Waals surface area contributed by atoms with Gasteiger partial charge in [-0.1, -0.05) is 6.92 Å². The summed E-state index contributed by atoms with van der Waals surface area (Å²) in [5.74, 6) is -18.3. The Morgan fingerprint density at radius 3 is 1.86 bits per heavy atom.